The molecular weight excluding hydrogens is 298 g/mol. The molecule has 126 valence electrons. The van der Waals surface area contributed by atoms with Gasteiger partial charge in [0.2, 0.25) is 11.8 Å². The second kappa shape index (κ2) is 6.73. The van der Waals surface area contributed by atoms with E-state index in [4.69, 9.17) is 0 Å². The van der Waals surface area contributed by atoms with Crippen molar-refractivity contribution < 1.29 is 14.4 Å². The summed E-state index contributed by atoms with van der Waals surface area (Å²) >= 11 is 1.59. The predicted octanol–water partition coefficient (Wildman–Crippen LogP) is 3.29. The number of rotatable bonds is 7. The Bertz CT molecular complexity index is 457. The minimum absolute atomic E-state index is 0.0587. The average Bonchev–Trinajstić information content (AvgIpc) is 2.63. The summed E-state index contributed by atoms with van der Waals surface area (Å²) in [5.74, 6) is 0.0175. The predicted molar refractivity (Wildman–Crippen MR) is 90.7 cm³/mol. The van der Waals surface area contributed by atoms with Crippen LogP contribution in [0, 0.1) is 11.8 Å². The van der Waals surface area contributed by atoms with E-state index in [1.807, 2.05) is 20.8 Å². The van der Waals surface area contributed by atoms with Gasteiger partial charge in [0.1, 0.15) is 6.29 Å². The smallest absolute Gasteiger partial charge is 0.243 e. The highest BCUT2D eigenvalue weighted by atomic mass is 32.2. The molecule has 2 atom stereocenters. The van der Waals surface area contributed by atoms with E-state index in [0.717, 1.165) is 6.29 Å². The van der Waals surface area contributed by atoms with Gasteiger partial charge in [-0.15, -0.1) is 11.8 Å². The number of nitrogens with zero attached hydrogens (tertiary/aromatic N) is 1. The highest BCUT2D eigenvalue weighted by Gasteiger charge is 2.48. The molecule has 1 aliphatic rings. The minimum Gasteiger partial charge on any atom is -0.303 e. The number of likely N-dealkylation sites (tertiary alicyclic amines) is 1. The standard InChI is InChI=1S/C17H29NO3S/c1-11(2)17(6,7)22-13-8-14(20)18(15(13)21)16(4,5)9-12(3)10-19/h10-13H,8-9H2,1-7H3. The summed E-state index contributed by atoms with van der Waals surface area (Å²) in [4.78, 5) is 37.4. The van der Waals surface area contributed by atoms with Gasteiger partial charge in [0.15, 0.2) is 0 Å². The molecule has 1 heterocycles. The zero-order valence-corrected chi connectivity index (χ0v) is 15.6. The first kappa shape index (κ1) is 19.2. The van der Waals surface area contributed by atoms with Crippen LogP contribution in [0.2, 0.25) is 0 Å². The molecule has 0 aromatic heterocycles. The molecular formula is C17H29NO3S. The van der Waals surface area contributed by atoms with Gasteiger partial charge in [-0.05, 0) is 26.2 Å². The van der Waals surface area contributed by atoms with E-state index in [-0.39, 0.29) is 34.2 Å². The molecule has 1 aliphatic heterocycles. The van der Waals surface area contributed by atoms with Crippen molar-refractivity contribution in [3.63, 3.8) is 0 Å². The first-order chi connectivity index (χ1) is 9.92. The number of carbonyl (C=O) groups is 3. The van der Waals surface area contributed by atoms with Gasteiger partial charge in [-0.25, -0.2) is 0 Å². The van der Waals surface area contributed by atoms with Crippen molar-refractivity contribution >= 4 is 29.9 Å². The summed E-state index contributed by atoms with van der Waals surface area (Å²) in [5, 5.41) is -0.310. The summed E-state index contributed by atoms with van der Waals surface area (Å²) < 4.78 is -0.0587. The molecule has 22 heavy (non-hydrogen) atoms. The number of hydrogen-bond donors (Lipinski definition) is 0. The van der Waals surface area contributed by atoms with Crippen LogP contribution in [0.25, 0.3) is 0 Å². The lowest BCUT2D eigenvalue weighted by atomic mass is 9.91. The quantitative estimate of drug-likeness (QED) is 0.532. The first-order valence-corrected chi connectivity index (χ1v) is 8.80. The monoisotopic (exact) mass is 327 g/mol. The van der Waals surface area contributed by atoms with Crippen LogP contribution in [0.15, 0.2) is 0 Å². The number of imide groups is 1. The third-order valence-electron chi connectivity index (χ3n) is 4.60. The fourth-order valence-electron chi connectivity index (χ4n) is 2.76. The van der Waals surface area contributed by atoms with E-state index in [0.29, 0.717) is 12.3 Å². The summed E-state index contributed by atoms with van der Waals surface area (Å²) in [6, 6.07) is 0. The van der Waals surface area contributed by atoms with Crippen molar-refractivity contribution in [2.75, 3.05) is 0 Å². The van der Waals surface area contributed by atoms with Gasteiger partial charge < -0.3 is 4.79 Å². The zero-order chi connectivity index (χ0) is 17.3. The Morgan fingerprint density at radius 2 is 1.77 bits per heavy atom. The molecule has 0 saturated carbocycles. The lowest BCUT2D eigenvalue weighted by Gasteiger charge is -2.36. The highest BCUT2D eigenvalue weighted by Crippen LogP contribution is 2.41. The van der Waals surface area contributed by atoms with Crippen LogP contribution in [-0.2, 0) is 14.4 Å². The zero-order valence-electron chi connectivity index (χ0n) is 14.8. The Kier molecular flexibility index (Phi) is 5.88. The van der Waals surface area contributed by atoms with E-state index in [1.54, 1.807) is 11.8 Å². The molecule has 4 nitrogen and oxygen atoms in total. The van der Waals surface area contributed by atoms with Gasteiger partial charge in [-0.1, -0.05) is 34.6 Å². The summed E-state index contributed by atoms with van der Waals surface area (Å²) in [6.45, 7) is 14.0. The fourth-order valence-corrected chi connectivity index (χ4v) is 4.20. The first-order valence-electron chi connectivity index (χ1n) is 7.92. The highest BCUT2D eigenvalue weighted by molar-refractivity contribution is 8.02. The molecule has 1 fully saturated rings. The molecule has 0 bridgehead atoms. The molecule has 2 unspecified atom stereocenters. The maximum Gasteiger partial charge on any atom is 0.243 e. The molecule has 0 radical (unpaired) electrons. The lowest BCUT2D eigenvalue weighted by Crippen LogP contribution is -2.49. The van der Waals surface area contributed by atoms with Gasteiger partial charge in [-0.3, -0.25) is 14.5 Å². The third-order valence-corrected chi connectivity index (χ3v) is 6.33. The van der Waals surface area contributed by atoms with Crippen LogP contribution in [-0.4, -0.2) is 38.5 Å². The summed E-state index contributed by atoms with van der Waals surface area (Å²) in [5.41, 5.74) is -0.619. The van der Waals surface area contributed by atoms with Gasteiger partial charge in [-0.2, -0.15) is 0 Å². The molecule has 5 heteroatoms. The summed E-state index contributed by atoms with van der Waals surface area (Å²) in [7, 11) is 0. The third kappa shape index (κ3) is 4.12. The van der Waals surface area contributed by atoms with Crippen molar-refractivity contribution in [3.05, 3.63) is 0 Å². The SMILES string of the molecule is CC(C=O)CC(C)(C)N1C(=O)CC(SC(C)(C)C(C)C)C1=O. The molecule has 0 aromatic rings. The van der Waals surface area contributed by atoms with Crippen LogP contribution in [0.1, 0.15) is 61.3 Å². The average molecular weight is 327 g/mol. The molecule has 1 saturated heterocycles. The largest absolute Gasteiger partial charge is 0.303 e. The van der Waals surface area contributed by atoms with Crippen LogP contribution in [0.3, 0.4) is 0 Å². The topological polar surface area (TPSA) is 54.5 Å². The van der Waals surface area contributed by atoms with Crippen LogP contribution in [0.4, 0.5) is 0 Å². The van der Waals surface area contributed by atoms with Gasteiger partial charge in [0, 0.05) is 22.6 Å². The molecule has 0 aromatic carbocycles. The number of amides is 2. The molecule has 0 spiro atoms. The van der Waals surface area contributed by atoms with E-state index < -0.39 is 5.54 Å². The second-order valence-corrected chi connectivity index (χ2v) is 9.62. The molecule has 1 rings (SSSR count). The Morgan fingerprint density at radius 3 is 2.23 bits per heavy atom. The van der Waals surface area contributed by atoms with Crippen LogP contribution >= 0.6 is 11.8 Å². The summed E-state index contributed by atoms with van der Waals surface area (Å²) in [6.07, 6.45) is 1.64. The number of hydrogen-bond acceptors (Lipinski definition) is 4. The minimum atomic E-state index is -0.619. The second-order valence-electron chi connectivity index (χ2n) is 7.77. The molecule has 0 N–H and O–H groups in total. The molecule has 0 aliphatic carbocycles. The Balaban J connectivity index is 2.91. The van der Waals surface area contributed by atoms with Crippen molar-refractivity contribution in [2.24, 2.45) is 11.8 Å². The van der Waals surface area contributed by atoms with E-state index in [2.05, 4.69) is 27.7 Å². The van der Waals surface area contributed by atoms with Gasteiger partial charge >= 0.3 is 0 Å². The fraction of sp³-hybridized carbons (Fsp3) is 0.824. The normalized spacial score (nSPS) is 21.6. The van der Waals surface area contributed by atoms with Crippen molar-refractivity contribution in [3.8, 4) is 0 Å². The van der Waals surface area contributed by atoms with E-state index in [9.17, 15) is 14.4 Å². The van der Waals surface area contributed by atoms with E-state index >= 15 is 0 Å². The Hall–Kier alpha value is -0.840. The Morgan fingerprint density at radius 1 is 1.23 bits per heavy atom. The number of thioether (sulfide) groups is 1. The van der Waals surface area contributed by atoms with Crippen LogP contribution < -0.4 is 0 Å². The number of aldehydes is 1. The molecule has 2 amide bonds. The van der Waals surface area contributed by atoms with Crippen molar-refractivity contribution in [1.29, 1.82) is 0 Å². The van der Waals surface area contributed by atoms with Gasteiger partial charge in [0.25, 0.3) is 0 Å². The Labute approximate surface area is 138 Å². The van der Waals surface area contributed by atoms with Crippen LogP contribution in [0.5, 0.6) is 0 Å². The van der Waals surface area contributed by atoms with E-state index in [1.165, 1.54) is 4.90 Å². The van der Waals surface area contributed by atoms with Crippen molar-refractivity contribution in [1.82, 2.24) is 4.90 Å². The maximum absolute atomic E-state index is 12.7. The lowest BCUT2D eigenvalue weighted by molar-refractivity contribution is -0.145. The maximum atomic E-state index is 12.7. The van der Waals surface area contributed by atoms with Gasteiger partial charge in [0.05, 0.1) is 5.25 Å². The number of carbonyl (C=O) groups excluding carboxylic acids is 3. The van der Waals surface area contributed by atoms with Crippen molar-refractivity contribution in [2.45, 2.75) is 76.8 Å².